The molecule has 3 nitrogen and oxygen atoms in total. The number of likely N-dealkylation sites (N-methyl/N-ethyl adjacent to an activating group) is 1. The van der Waals surface area contributed by atoms with Gasteiger partial charge in [-0.1, -0.05) is 67.1 Å². The highest BCUT2D eigenvalue weighted by Gasteiger charge is 2.47. The summed E-state index contributed by atoms with van der Waals surface area (Å²) in [4.78, 5) is 2.43. The highest BCUT2D eigenvalue weighted by atomic mass is 16.7. The zero-order valence-corrected chi connectivity index (χ0v) is 14.2. The second kappa shape index (κ2) is 6.67. The van der Waals surface area contributed by atoms with Crippen LogP contribution >= 0.6 is 0 Å². The highest BCUT2D eigenvalue weighted by molar-refractivity contribution is 5.34. The third kappa shape index (κ3) is 2.77. The molecule has 1 unspecified atom stereocenters. The zero-order valence-electron chi connectivity index (χ0n) is 14.2. The Morgan fingerprint density at radius 2 is 1.54 bits per heavy atom. The van der Waals surface area contributed by atoms with E-state index < -0.39 is 5.79 Å². The third-order valence-electron chi connectivity index (χ3n) is 5.33. The zero-order chi connectivity index (χ0) is 16.4. The summed E-state index contributed by atoms with van der Waals surface area (Å²) in [5, 5.41) is 0. The van der Waals surface area contributed by atoms with Crippen LogP contribution in [0.15, 0.2) is 60.7 Å². The fourth-order valence-electron chi connectivity index (χ4n) is 4.03. The largest absolute Gasteiger partial charge is 0.339 e. The van der Waals surface area contributed by atoms with Crippen LogP contribution in [0.1, 0.15) is 30.4 Å². The van der Waals surface area contributed by atoms with E-state index in [0.29, 0.717) is 12.6 Å². The molecule has 0 aliphatic carbocycles. The summed E-state index contributed by atoms with van der Waals surface area (Å²) < 4.78 is 13.0. The summed E-state index contributed by atoms with van der Waals surface area (Å²) in [6.45, 7) is 1.78. The van der Waals surface area contributed by atoms with E-state index in [9.17, 15) is 0 Å². The van der Waals surface area contributed by atoms with Crippen molar-refractivity contribution in [2.24, 2.45) is 0 Å². The van der Waals surface area contributed by atoms with Gasteiger partial charge in [0.25, 0.3) is 0 Å². The van der Waals surface area contributed by atoms with Crippen LogP contribution in [-0.4, -0.2) is 37.2 Å². The minimum atomic E-state index is -0.786. The summed E-state index contributed by atoms with van der Waals surface area (Å²) >= 11 is 0. The Morgan fingerprint density at radius 1 is 0.917 bits per heavy atom. The van der Waals surface area contributed by atoms with Gasteiger partial charge in [0.05, 0.1) is 6.61 Å². The lowest BCUT2D eigenvalue weighted by Crippen LogP contribution is -2.46. The van der Waals surface area contributed by atoms with Gasteiger partial charge < -0.3 is 14.4 Å². The van der Waals surface area contributed by atoms with Gasteiger partial charge in [-0.3, -0.25) is 0 Å². The van der Waals surface area contributed by atoms with Crippen molar-refractivity contribution in [3.8, 4) is 0 Å². The maximum absolute atomic E-state index is 6.67. The molecule has 0 radical (unpaired) electrons. The minimum absolute atomic E-state index is 0.107. The average molecular weight is 323 g/mol. The van der Waals surface area contributed by atoms with Crippen molar-refractivity contribution >= 4 is 0 Å². The van der Waals surface area contributed by atoms with Gasteiger partial charge >= 0.3 is 0 Å². The van der Waals surface area contributed by atoms with E-state index >= 15 is 0 Å². The number of benzene rings is 2. The molecule has 3 heteroatoms. The molecule has 2 aliphatic heterocycles. The molecule has 2 atom stereocenters. The summed E-state index contributed by atoms with van der Waals surface area (Å²) in [7, 11) is 2.21. The maximum Gasteiger partial charge on any atom is 0.222 e. The Labute approximate surface area is 144 Å². The molecule has 0 spiro atoms. The van der Waals surface area contributed by atoms with E-state index in [1.165, 1.54) is 19.3 Å². The molecule has 2 aromatic rings. The van der Waals surface area contributed by atoms with Gasteiger partial charge in [-0.25, -0.2) is 0 Å². The minimum Gasteiger partial charge on any atom is -0.339 e. The topological polar surface area (TPSA) is 21.7 Å². The van der Waals surface area contributed by atoms with Crippen LogP contribution in [0.2, 0.25) is 0 Å². The molecule has 0 N–H and O–H groups in total. The molecule has 2 heterocycles. The first kappa shape index (κ1) is 15.8. The molecule has 0 saturated carbocycles. The Kier molecular flexibility index (Phi) is 4.40. The second-order valence-corrected chi connectivity index (χ2v) is 6.86. The standard InChI is InChI=1S/C21H25NO2/c1-22-15-9-8-14-19(22)20-16-23-21(24-20,17-10-4-2-5-11-17)18-12-6-3-7-13-18/h2-7,10-13,19-20H,8-9,14-16H2,1H3/t19?,20-/m0/s1. The SMILES string of the molecule is CN1CCCCC1[C@@H]1COC(c2ccccc2)(c2ccccc2)O1. The van der Waals surface area contributed by atoms with Crippen LogP contribution in [-0.2, 0) is 15.3 Å². The van der Waals surface area contributed by atoms with Crippen LogP contribution < -0.4 is 0 Å². The Hall–Kier alpha value is -1.68. The summed E-state index contributed by atoms with van der Waals surface area (Å²) in [6, 6.07) is 21.1. The van der Waals surface area contributed by atoms with E-state index in [1.54, 1.807) is 0 Å². The summed E-state index contributed by atoms with van der Waals surface area (Å²) in [5.41, 5.74) is 2.13. The van der Waals surface area contributed by atoms with Gasteiger partial charge in [-0.2, -0.15) is 0 Å². The number of nitrogens with zero attached hydrogens (tertiary/aromatic N) is 1. The molecule has 4 rings (SSSR count). The third-order valence-corrected chi connectivity index (χ3v) is 5.33. The molecule has 2 aromatic carbocycles. The van der Waals surface area contributed by atoms with E-state index in [-0.39, 0.29) is 6.10 Å². The Balaban J connectivity index is 1.68. The lowest BCUT2D eigenvalue weighted by atomic mass is 9.96. The predicted octanol–water partition coefficient (Wildman–Crippen LogP) is 3.79. The van der Waals surface area contributed by atoms with Gasteiger partial charge in [0.2, 0.25) is 5.79 Å². The number of likely N-dealkylation sites (tertiary alicyclic amines) is 1. The van der Waals surface area contributed by atoms with Crippen LogP contribution in [0.25, 0.3) is 0 Å². The van der Waals surface area contributed by atoms with Crippen molar-refractivity contribution in [1.82, 2.24) is 4.90 Å². The maximum atomic E-state index is 6.67. The monoisotopic (exact) mass is 323 g/mol. The van der Waals surface area contributed by atoms with Gasteiger partial charge in [-0.15, -0.1) is 0 Å². The van der Waals surface area contributed by atoms with Crippen LogP contribution in [0, 0.1) is 0 Å². The van der Waals surface area contributed by atoms with Crippen molar-refractivity contribution in [3.63, 3.8) is 0 Å². The predicted molar refractivity (Wildman–Crippen MR) is 94.8 cm³/mol. The van der Waals surface area contributed by atoms with Gasteiger partial charge in [0.1, 0.15) is 6.10 Å². The molecule has 2 saturated heterocycles. The Bertz CT molecular complexity index is 619. The lowest BCUT2D eigenvalue weighted by Gasteiger charge is -2.37. The molecule has 24 heavy (non-hydrogen) atoms. The average Bonchev–Trinajstić information content (AvgIpc) is 3.10. The first-order valence-corrected chi connectivity index (χ1v) is 8.93. The van der Waals surface area contributed by atoms with Crippen LogP contribution in [0.4, 0.5) is 0 Å². The molecule has 126 valence electrons. The molecule has 2 aliphatic rings. The Morgan fingerprint density at radius 3 is 2.12 bits per heavy atom. The number of hydrogen-bond donors (Lipinski definition) is 0. The van der Waals surface area contributed by atoms with E-state index in [1.807, 2.05) is 36.4 Å². The second-order valence-electron chi connectivity index (χ2n) is 6.86. The summed E-state index contributed by atoms with van der Waals surface area (Å²) in [6.07, 6.45) is 3.85. The van der Waals surface area contributed by atoms with Crippen molar-refractivity contribution < 1.29 is 9.47 Å². The molecule has 0 amide bonds. The smallest absolute Gasteiger partial charge is 0.222 e. The van der Waals surface area contributed by atoms with E-state index in [4.69, 9.17) is 9.47 Å². The van der Waals surface area contributed by atoms with Gasteiger partial charge in [0.15, 0.2) is 0 Å². The molecular weight excluding hydrogens is 298 g/mol. The van der Waals surface area contributed by atoms with Crippen molar-refractivity contribution in [3.05, 3.63) is 71.8 Å². The van der Waals surface area contributed by atoms with Gasteiger partial charge in [-0.05, 0) is 26.4 Å². The number of piperidine rings is 1. The van der Waals surface area contributed by atoms with Crippen LogP contribution in [0.5, 0.6) is 0 Å². The van der Waals surface area contributed by atoms with E-state index in [2.05, 4.69) is 36.2 Å². The van der Waals surface area contributed by atoms with Crippen molar-refractivity contribution in [2.45, 2.75) is 37.2 Å². The molecule has 0 bridgehead atoms. The lowest BCUT2D eigenvalue weighted by molar-refractivity contribution is -0.151. The number of rotatable bonds is 3. The quantitative estimate of drug-likeness (QED) is 0.858. The summed E-state index contributed by atoms with van der Waals surface area (Å²) in [5.74, 6) is -0.786. The van der Waals surface area contributed by atoms with Crippen LogP contribution in [0.3, 0.4) is 0 Å². The first-order valence-electron chi connectivity index (χ1n) is 8.93. The van der Waals surface area contributed by atoms with Crippen molar-refractivity contribution in [1.29, 1.82) is 0 Å². The molecule has 2 fully saturated rings. The van der Waals surface area contributed by atoms with Crippen molar-refractivity contribution in [2.75, 3.05) is 20.2 Å². The first-order chi connectivity index (χ1) is 11.8. The fraction of sp³-hybridized carbons (Fsp3) is 0.429. The molecule has 0 aromatic heterocycles. The van der Waals surface area contributed by atoms with E-state index in [0.717, 1.165) is 17.7 Å². The number of ether oxygens (including phenoxy) is 2. The molecular formula is C21H25NO2. The fourth-order valence-corrected chi connectivity index (χ4v) is 4.03. The normalized spacial score (nSPS) is 27.2. The number of hydrogen-bond acceptors (Lipinski definition) is 3. The van der Waals surface area contributed by atoms with Gasteiger partial charge in [0, 0.05) is 17.2 Å². The highest BCUT2D eigenvalue weighted by Crippen LogP contribution is 2.42.